The number of carbonyl (C=O) groups is 1. The number of hydrogen-bond donors (Lipinski definition) is 1. The Labute approximate surface area is 130 Å². The van der Waals surface area contributed by atoms with Crippen LogP contribution in [0.15, 0.2) is 54.6 Å². The van der Waals surface area contributed by atoms with E-state index in [9.17, 15) is 4.79 Å². The van der Waals surface area contributed by atoms with Gasteiger partial charge in [-0.2, -0.15) is 0 Å². The Morgan fingerprint density at radius 3 is 2.38 bits per heavy atom. The molecule has 0 fully saturated rings. The van der Waals surface area contributed by atoms with Gasteiger partial charge in [0.1, 0.15) is 0 Å². The Kier molecular flexibility index (Phi) is 5.37. The van der Waals surface area contributed by atoms with Gasteiger partial charge in [-0.05, 0) is 43.8 Å². The van der Waals surface area contributed by atoms with E-state index in [0.29, 0.717) is 6.54 Å². The molecule has 0 saturated heterocycles. The van der Waals surface area contributed by atoms with Gasteiger partial charge in [0.05, 0.1) is 6.04 Å². The van der Waals surface area contributed by atoms with Gasteiger partial charge >= 0.3 is 0 Å². The fourth-order valence-electron chi connectivity index (χ4n) is 1.98. The van der Waals surface area contributed by atoms with Gasteiger partial charge in [0.15, 0.2) is 0 Å². The first-order valence-corrected chi connectivity index (χ1v) is 7.24. The van der Waals surface area contributed by atoms with Gasteiger partial charge in [0.2, 0.25) is 5.91 Å². The number of hydrogen-bond acceptors (Lipinski definition) is 2. The van der Waals surface area contributed by atoms with Crippen LogP contribution in [0, 0.1) is 0 Å². The number of carbonyl (C=O) groups excluding carboxylic acids is 1. The number of halogens is 1. The van der Waals surface area contributed by atoms with Gasteiger partial charge in [-0.15, -0.1) is 0 Å². The summed E-state index contributed by atoms with van der Waals surface area (Å²) in [4.78, 5) is 14.2. The SMILES string of the molecule is CC(C(=O)Nc1ccccc1)N(C)Cc1ccc(Cl)cc1. The zero-order valence-corrected chi connectivity index (χ0v) is 13.0. The van der Waals surface area contributed by atoms with Crippen molar-refractivity contribution in [2.45, 2.75) is 19.5 Å². The van der Waals surface area contributed by atoms with Gasteiger partial charge in [-0.3, -0.25) is 9.69 Å². The predicted octanol–water partition coefficient (Wildman–Crippen LogP) is 3.80. The van der Waals surface area contributed by atoms with Crippen molar-refractivity contribution in [3.05, 3.63) is 65.2 Å². The molecule has 1 atom stereocenters. The lowest BCUT2D eigenvalue weighted by Crippen LogP contribution is -2.39. The van der Waals surface area contributed by atoms with Crippen LogP contribution in [-0.4, -0.2) is 23.9 Å². The summed E-state index contributed by atoms with van der Waals surface area (Å²) in [5, 5.41) is 3.63. The van der Waals surface area contributed by atoms with E-state index < -0.39 is 0 Å². The second-order valence-electron chi connectivity index (χ2n) is 5.07. The summed E-state index contributed by atoms with van der Waals surface area (Å²) in [6, 6.07) is 16.9. The minimum Gasteiger partial charge on any atom is -0.325 e. The first-order chi connectivity index (χ1) is 10.1. The van der Waals surface area contributed by atoms with Crippen molar-refractivity contribution in [1.29, 1.82) is 0 Å². The molecule has 1 amide bonds. The molecular weight excluding hydrogens is 284 g/mol. The fraction of sp³-hybridized carbons (Fsp3) is 0.235. The molecular formula is C17H19ClN2O. The molecule has 0 spiro atoms. The van der Waals surface area contributed by atoms with E-state index >= 15 is 0 Å². The molecule has 0 aliphatic carbocycles. The molecule has 2 aromatic rings. The second kappa shape index (κ2) is 7.25. The Morgan fingerprint density at radius 1 is 1.14 bits per heavy atom. The van der Waals surface area contributed by atoms with Crippen LogP contribution in [0.5, 0.6) is 0 Å². The van der Waals surface area contributed by atoms with E-state index in [1.165, 1.54) is 0 Å². The Morgan fingerprint density at radius 2 is 1.76 bits per heavy atom. The third-order valence-electron chi connectivity index (χ3n) is 3.43. The predicted molar refractivity (Wildman–Crippen MR) is 87.5 cm³/mol. The molecule has 0 aliphatic heterocycles. The number of para-hydroxylation sites is 1. The van der Waals surface area contributed by atoms with Gasteiger partial charge in [-0.1, -0.05) is 41.9 Å². The van der Waals surface area contributed by atoms with Crippen molar-refractivity contribution >= 4 is 23.2 Å². The van der Waals surface area contributed by atoms with Crippen molar-refractivity contribution in [3.8, 4) is 0 Å². The normalized spacial score (nSPS) is 12.2. The molecule has 0 heterocycles. The highest BCUT2D eigenvalue weighted by molar-refractivity contribution is 6.30. The third kappa shape index (κ3) is 4.59. The molecule has 1 N–H and O–H groups in total. The number of nitrogens with one attached hydrogen (secondary N) is 1. The van der Waals surface area contributed by atoms with Crippen LogP contribution in [0.4, 0.5) is 5.69 Å². The minimum absolute atomic E-state index is 0.0161. The summed E-state index contributed by atoms with van der Waals surface area (Å²) >= 11 is 5.87. The highest BCUT2D eigenvalue weighted by Gasteiger charge is 2.18. The van der Waals surface area contributed by atoms with Crippen molar-refractivity contribution < 1.29 is 4.79 Å². The van der Waals surface area contributed by atoms with E-state index in [0.717, 1.165) is 16.3 Å². The van der Waals surface area contributed by atoms with Crippen molar-refractivity contribution in [1.82, 2.24) is 4.90 Å². The molecule has 21 heavy (non-hydrogen) atoms. The van der Waals surface area contributed by atoms with Crippen LogP contribution < -0.4 is 5.32 Å². The maximum atomic E-state index is 12.2. The van der Waals surface area contributed by atoms with Crippen molar-refractivity contribution in [2.75, 3.05) is 12.4 Å². The van der Waals surface area contributed by atoms with Gasteiger partial charge < -0.3 is 5.32 Å². The molecule has 3 nitrogen and oxygen atoms in total. The summed E-state index contributed by atoms with van der Waals surface area (Å²) in [5.74, 6) is -0.0161. The second-order valence-corrected chi connectivity index (χ2v) is 5.51. The molecule has 0 radical (unpaired) electrons. The van der Waals surface area contributed by atoms with Crippen LogP contribution in [0.2, 0.25) is 5.02 Å². The quantitative estimate of drug-likeness (QED) is 0.911. The van der Waals surface area contributed by atoms with E-state index in [1.807, 2.05) is 73.5 Å². The summed E-state index contributed by atoms with van der Waals surface area (Å²) < 4.78 is 0. The van der Waals surface area contributed by atoms with Crippen molar-refractivity contribution in [3.63, 3.8) is 0 Å². The number of anilines is 1. The van der Waals surface area contributed by atoms with Crippen LogP contribution in [-0.2, 0) is 11.3 Å². The molecule has 0 saturated carbocycles. The van der Waals surface area contributed by atoms with Crippen molar-refractivity contribution in [2.24, 2.45) is 0 Å². The van der Waals surface area contributed by atoms with E-state index in [1.54, 1.807) is 0 Å². The summed E-state index contributed by atoms with van der Waals surface area (Å²) in [6.07, 6.45) is 0. The monoisotopic (exact) mass is 302 g/mol. The molecule has 1 unspecified atom stereocenters. The molecule has 0 aliphatic rings. The maximum Gasteiger partial charge on any atom is 0.241 e. The minimum atomic E-state index is -0.221. The molecule has 4 heteroatoms. The number of nitrogens with zero attached hydrogens (tertiary/aromatic N) is 1. The molecule has 2 rings (SSSR count). The zero-order valence-electron chi connectivity index (χ0n) is 12.2. The Hall–Kier alpha value is -1.84. The first-order valence-electron chi connectivity index (χ1n) is 6.87. The van der Waals surface area contributed by atoms with E-state index in [2.05, 4.69) is 5.32 Å². The largest absolute Gasteiger partial charge is 0.325 e. The lowest BCUT2D eigenvalue weighted by atomic mass is 10.2. The van der Waals surface area contributed by atoms with E-state index in [-0.39, 0.29) is 11.9 Å². The zero-order chi connectivity index (χ0) is 15.2. The summed E-state index contributed by atoms with van der Waals surface area (Å²) in [6.45, 7) is 2.59. The Balaban J connectivity index is 1.93. The van der Waals surface area contributed by atoms with E-state index in [4.69, 9.17) is 11.6 Å². The number of likely N-dealkylation sites (N-methyl/N-ethyl adjacent to an activating group) is 1. The van der Waals surface area contributed by atoms with Crippen LogP contribution >= 0.6 is 11.6 Å². The number of benzene rings is 2. The highest BCUT2D eigenvalue weighted by atomic mass is 35.5. The molecule has 0 aromatic heterocycles. The van der Waals surface area contributed by atoms with Crippen LogP contribution in [0.25, 0.3) is 0 Å². The topological polar surface area (TPSA) is 32.3 Å². The standard InChI is InChI=1S/C17H19ClN2O/c1-13(17(21)19-16-6-4-3-5-7-16)20(2)12-14-8-10-15(18)11-9-14/h3-11,13H,12H2,1-2H3,(H,19,21). The fourth-order valence-corrected chi connectivity index (χ4v) is 2.11. The third-order valence-corrected chi connectivity index (χ3v) is 3.68. The lowest BCUT2D eigenvalue weighted by Gasteiger charge is -2.24. The lowest BCUT2D eigenvalue weighted by molar-refractivity contribution is -0.120. The highest BCUT2D eigenvalue weighted by Crippen LogP contribution is 2.13. The Bertz CT molecular complexity index is 583. The number of rotatable bonds is 5. The maximum absolute atomic E-state index is 12.2. The molecule has 0 bridgehead atoms. The summed E-state index contributed by atoms with van der Waals surface area (Å²) in [5.41, 5.74) is 1.94. The average Bonchev–Trinajstić information content (AvgIpc) is 2.49. The number of amides is 1. The van der Waals surface area contributed by atoms with Crippen LogP contribution in [0.1, 0.15) is 12.5 Å². The average molecular weight is 303 g/mol. The van der Waals surface area contributed by atoms with Gasteiger partial charge in [0, 0.05) is 17.3 Å². The van der Waals surface area contributed by atoms with Crippen LogP contribution in [0.3, 0.4) is 0 Å². The molecule has 2 aromatic carbocycles. The molecule has 110 valence electrons. The van der Waals surface area contributed by atoms with Gasteiger partial charge in [-0.25, -0.2) is 0 Å². The summed E-state index contributed by atoms with van der Waals surface area (Å²) in [7, 11) is 1.93. The smallest absolute Gasteiger partial charge is 0.241 e. The van der Waals surface area contributed by atoms with Gasteiger partial charge in [0.25, 0.3) is 0 Å². The first kappa shape index (κ1) is 15.5.